The summed E-state index contributed by atoms with van der Waals surface area (Å²) in [5.74, 6) is -0.896. The summed E-state index contributed by atoms with van der Waals surface area (Å²) in [6, 6.07) is 15.1. The molecule has 0 aliphatic carbocycles. The molecule has 1 fully saturated rings. The molecule has 11 nitrogen and oxygen atoms in total. The van der Waals surface area contributed by atoms with Gasteiger partial charge in [-0.05, 0) is 55.8 Å². The number of amides is 1. The van der Waals surface area contributed by atoms with Crippen LogP contribution in [-0.2, 0) is 16.0 Å². The van der Waals surface area contributed by atoms with Crippen LogP contribution < -0.4 is 15.7 Å². The maximum atomic E-state index is 13.5. The number of aromatic hydroxyl groups is 1. The number of nitrogens with one attached hydrogen (secondary N) is 2. The van der Waals surface area contributed by atoms with E-state index in [2.05, 4.69) is 24.9 Å². The van der Waals surface area contributed by atoms with Crippen molar-refractivity contribution in [1.29, 1.82) is 0 Å². The van der Waals surface area contributed by atoms with Crippen molar-refractivity contribution < 1.29 is 24.2 Å². The highest BCUT2D eigenvalue weighted by Gasteiger charge is 2.29. The van der Waals surface area contributed by atoms with Gasteiger partial charge in [-0.15, -0.1) is 11.3 Å². The minimum Gasteiger partial charge on any atom is -0.493 e. The predicted octanol–water partition coefficient (Wildman–Crippen LogP) is 3.69. The van der Waals surface area contributed by atoms with Gasteiger partial charge in [0.25, 0.3) is 0 Å². The van der Waals surface area contributed by atoms with Gasteiger partial charge in [0.15, 0.2) is 10.8 Å². The van der Waals surface area contributed by atoms with E-state index >= 15 is 0 Å². The predicted molar refractivity (Wildman–Crippen MR) is 155 cm³/mol. The molecule has 41 heavy (non-hydrogen) atoms. The third-order valence-corrected chi connectivity index (χ3v) is 7.69. The second kappa shape index (κ2) is 12.8. The van der Waals surface area contributed by atoms with Gasteiger partial charge in [-0.3, -0.25) is 9.69 Å². The number of likely N-dealkylation sites (tertiary alicyclic amines) is 1. The zero-order valence-electron chi connectivity index (χ0n) is 22.5. The fourth-order valence-corrected chi connectivity index (χ4v) is 5.49. The Morgan fingerprint density at radius 2 is 1.85 bits per heavy atom. The van der Waals surface area contributed by atoms with Gasteiger partial charge in [0.05, 0.1) is 7.11 Å². The number of ether oxygens (including phenoxy) is 2. The Bertz CT molecular complexity index is 1540. The van der Waals surface area contributed by atoms with E-state index in [0.29, 0.717) is 17.9 Å². The van der Waals surface area contributed by atoms with Crippen molar-refractivity contribution in [2.45, 2.75) is 25.3 Å². The van der Waals surface area contributed by atoms with Crippen molar-refractivity contribution in [2.24, 2.45) is 0 Å². The summed E-state index contributed by atoms with van der Waals surface area (Å²) >= 11 is 1.05. The highest BCUT2D eigenvalue weighted by Crippen LogP contribution is 2.31. The van der Waals surface area contributed by atoms with Crippen LogP contribution in [0.1, 0.15) is 34.9 Å². The van der Waals surface area contributed by atoms with Crippen LogP contribution in [0, 0.1) is 0 Å². The molecule has 214 valence electrons. The first-order chi connectivity index (χ1) is 19.9. The summed E-state index contributed by atoms with van der Waals surface area (Å²) < 4.78 is 11.6. The largest absolute Gasteiger partial charge is 0.493 e. The molecular weight excluding hydrogens is 546 g/mol. The lowest BCUT2D eigenvalue weighted by molar-refractivity contribution is -0.119. The molecule has 2 aromatic carbocycles. The monoisotopic (exact) mass is 577 g/mol. The molecule has 3 N–H and O–H groups in total. The Kier molecular flexibility index (Phi) is 8.80. The molecule has 0 radical (unpaired) electrons. The molecule has 3 heterocycles. The molecule has 4 aromatic rings. The maximum Gasteiger partial charge on any atom is 0.357 e. The Balaban J connectivity index is 1.37. The summed E-state index contributed by atoms with van der Waals surface area (Å²) in [5, 5.41) is 15.5. The summed E-state index contributed by atoms with van der Waals surface area (Å²) in [7, 11) is 1.24. The number of aromatic nitrogens is 3. The van der Waals surface area contributed by atoms with Crippen LogP contribution in [-0.4, -0.2) is 69.8 Å². The van der Waals surface area contributed by atoms with E-state index in [4.69, 9.17) is 4.74 Å². The Hall–Kier alpha value is -4.42. The van der Waals surface area contributed by atoms with E-state index in [1.165, 1.54) is 25.3 Å². The van der Waals surface area contributed by atoms with E-state index in [9.17, 15) is 19.5 Å². The number of anilines is 1. The molecule has 0 unspecified atom stereocenters. The molecule has 1 aliphatic heterocycles. The Labute approximate surface area is 240 Å². The number of carbonyl (C=O) groups excluding carboxylic acids is 2. The van der Waals surface area contributed by atoms with Gasteiger partial charge in [-0.1, -0.05) is 30.3 Å². The number of methoxy groups -OCH3 is 1. The summed E-state index contributed by atoms with van der Waals surface area (Å²) in [4.78, 5) is 47.6. The van der Waals surface area contributed by atoms with Crippen molar-refractivity contribution in [3.05, 3.63) is 81.7 Å². The van der Waals surface area contributed by atoms with Crippen LogP contribution in [0.3, 0.4) is 0 Å². The van der Waals surface area contributed by atoms with Crippen LogP contribution in [0.2, 0.25) is 0 Å². The summed E-state index contributed by atoms with van der Waals surface area (Å²) in [5.41, 5.74) is 0.943. The fraction of sp³-hybridized carbons (Fsp3) is 0.310. The fourth-order valence-electron chi connectivity index (χ4n) is 4.80. The summed E-state index contributed by atoms with van der Waals surface area (Å²) in [6.45, 7) is 3.66. The van der Waals surface area contributed by atoms with Crippen LogP contribution in [0.5, 0.6) is 11.6 Å². The lowest BCUT2D eigenvalue weighted by Crippen LogP contribution is -2.33. The summed E-state index contributed by atoms with van der Waals surface area (Å²) in [6.07, 6.45) is 2.58. The van der Waals surface area contributed by atoms with Crippen molar-refractivity contribution >= 4 is 28.3 Å². The van der Waals surface area contributed by atoms with Crippen LogP contribution in [0.4, 0.5) is 5.13 Å². The van der Waals surface area contributed by atoms with Gasteiger partial charge >= 0.3 is 11.7 Å². The lowest BCUT2D eigenvalue weighted by Gasteiger charge is -2.18. The molecule has 0 bridgehead atoms. The smallest absolute Gasteiger partial charge is 0.357 e. The highest BCUT2D eigenvalue weighted by molar-refractivity contribution is 7.14. The average Bonchev–Trinajstić information content (AvgIpc) is 3.74. The lowest BCUT2D eigenvalue weighted by atomic mass is 10.0. The number of thiazole rings is 1. The normalized spacial score (nSPS) is 14.1. The third-order valence-electron chi connectivity index (χ3n) is 6.94. The second-order valence-electron chi connectivity index (χ2n) is 9.64. The van der Waals surface area contributed by atoms with Gasteiger partial charge in [-0.2, -0.15) is 0 Å². The number of nitrogens with zero attached hydrogens (tertiary/aromatic N) is 3. The van der Waals surface area contributed by atoms with Crippen LogP contribution >= 0.6 is 11.3 Å². The minimum absolute atomic E-state index is 0.0554. The van der Waals surface area contributed by atoms with Crippen molar-refractivity contribution in [3.63, 3.8) is 0 Å². The molecule has 12 heteroatoms. The molecular formula is C29H31N5O6S. The van der Waals surface area contributed by atoms with E-state index in [-0.39, 0.29) is 28.8 Å². The van der Waals surface area contributed by atoms with Crippen molar-refractivity contribution in [3.8, 4) is 22.9 Å². The molecule has 1 atom stereocenters. The van der Waals surface area contributed by atoms with Gasteiger partial charge in [-0.25, -0.2) is 19.1 Å². The number of hydrogen-bond donors (Lipinski definition) is 3. The van der Waals surface area contributed by atoms with Gasteiger partial charge in [0.1, 0.15) is 24.1 Å². The van der Waals surface area contributed by atoms with Crippen molar-refractivity contribution in [1.82, 2.24) is 19.4 Å². The number of hydrogen-bond acceptors (Lipinski definition) is 9. The molecule has 0 saturated carbocycles. The molecule has 1 amide bonds. The highest BCUT2D eigenvalue weighted by atomic mass is 32.1. The van der Waals surface area contributed by atoms with E-state index in [0.717, 1.165) is 41.1 Å². The van der Waals surface area contributed by atoms with Crippen molar-refractivity contribution in [2.75, 3.05) is 38.7 Å². The van der Waals surface area contributed by atoms with E-state index in [1.807, 2.05) is 30.3 Å². The number of aromatic amines is 1. The Morgan fingerprint density at radius 3 is 2.56 bits per heavy atom. The van der Waals surface area contributed by atoms with E-state index < -0.39 is 23.6 Å². The van der Waals surface area contributed by atoms with Crippen LogP contribution in [0.15, 0.2) is 64.8 Å². The minimum atomic E-state index is -1.12. The molecule has 5 rings (SSSR count). The van der Waals surface area contributed by atoms with Crippen LogP contribution in [0.25, 0.3) is 11.3 Å². The third kappa shape index (κ3) is 6.67. The first-order valence-corrected chi connectivity index (χ1v) is 14.2. The number of rotatable bonds is 11. The Morgan fingerprint density at radius 1 is 1.12 bits per heavy atom. The number of benzene rings is 2. The average molecular weight is 578 g/mol. The number of imidazole rings is 1. The SMILES string of the molecule is COC(=O)c1csc(NC(=O)[C@H](Cc2ccccc2)n2c(O)c(-c3ccc(OCCN4CCCC4)cc3)[nH]c2=O)n1. The van der Waals surface area contributed by atoms with Gasteiger partial charge in [0.2, 0.25) is 11.8 Å². The van der Waals surface area contributed by atoms with Gasteiger partial charge < -0.3 is 24.9 Å². The van der Waals surface area contributed by atoms with E-state index in [1.54, 1.807) is 24.3 Å². The quantitative estimate of drug-likeness (QED) is 0.230. The molecule has 1 saturated heterocycles. The number of H-pyrrole nitrogens is 1. The zero-order chi connectivity index (χ0) is 28.8. The zero-order valence-corrected chi connectivity index (χ0v) is 23.4. The molecule has 1 aliphatic rings. The standard InChI is InChI=1S/C29H31N5O6S/c1-39-27(37)22-18-41-28(30-22)32-25(35)23(17-19-7-3-2-4-8-19)34-26(36)24(31-29(34)38)20-9-11-21(12-10-20)40-16-15-33-13-5-6-14-33/h2-4,7-12,18,23,36H,5-6,13-17H2,1H3,(H,31,38)(H,30,32,35)/t23-/m0/s1. The number of esters is 1. The molecule has 2 aromatic heterocycles. The second-order valence-corrected chi connectivity index (χ2v) is 10.5. The topological polar surface area (TPSA) is 139 Å². The first-order valence-electron chi connectivity index (χ1n) is 13.3. The van der Waals surface area contributed by atoms with Gasteiger partial charge in [0, 0.05) is 23.9 Å². The first kappa shape index (κ1) is 28.1. The maximum absolute atomic E-state index is 13.5. The molecule has 0 spiro atoms. The number of carbonyl (C=O) groups is 2.